The molecule has 0 spiro atoms. The van der Waals surface area contributed by atoms with E-state index in [-0.39, 0.29) is 28.8 Å². The minimum atomic E-state index is -5.62. The van der Waals surface area contributed by atoms with Gasteiger partial charge in [-0.25, -0.2) is 25.2 Å². The Bertz CT molecular complexity index is 4580. The number of azo groups is 2. The van der Waals surface area contributed by atoms with Crippen LogP contribution in [0.2, 0.25) is 5.28 Å². The van der Waals surface area contributed by atoms with Crippen LogP contribution in [0.3, 0.4) is 0 Å². The van der Waals surface area contributed by atoms with Crippen LogP contribution in [0, 0.1) is 0 Å². The molecular weight excluding hydrogens is 1280 g/mol. The van der Waals surface area contributed by atoms with Crippen molar-refractivity contribution in [3.63, 3.8) is 0 Å². The normalized spacial score (nSPS) is 13.3. The molecule has 10 N–H and O–H groups in total. The first kappa shape index (κ1) is 63.5. The first-order valence-corrected chi connectivity index (χ1v) is 33.2. The summed E-state index contributed by atoms with van der Waals surface area (Å²) in [6.07, 6.45) is 0. The first-order chi connectivity index (χ1) is 37.1. The molecule has 81 heavy (non-hydrogen) atoms. The summed E-state index contributed by atoms with van der Waals surface area (Å²) >= 11 is 6.22. The number of phenolic OH excluding ortho intramolecular Hbond substituents is 1. The van der Waals surface area contributed by atoms with Gasteiger partial charge in [-0.05, 0) is 90.6 Å². The monoisotopic (exact) mass is 1310 g/mol. The van der Waals surface area contributed by atoms with Crippen molar-refractivity contribution in [3.05, 3.63) is 78.1 Å². The van der Waals surface area contributed by atoms with Crippen molar-refractivity contribution in [1.82, 2.24) is 15.0 Å². The Morgan fingerprint density at radius 1 is 0.580 bits per heavy atom. The van der Waals surface area contributed by atoms with Crippen LogP contribution < -0.4 is 16.0 Å². The molecule has 0 aliphatic carbocycles. The Hall–Kier alpha value is -6.66. The van der Waals surface area contributed by atoms with Gasteiger partial charge >= 0.3 is 20.8 Å². The number of sulfone groups is 2. The standard InChI is InChI=1S/C37H35ClN10O25S8/c1-2-48(21-4-3-5-22(17-21)74(50,51)12-10-72-80(66,67)68)37-42-35(38)41-36(43-37)40-20-6-9-26(76(54,55)56)25(16-20)45-47-33-29(79(63,64)65)15-19-14-28(78(60,61)62)32(31(39)30(19)34(33)49)46-44-24-8-7-23(18-27(24)77(57,58)59)75(52,53)13-11-73-81(69,70)71/h3-9,14-18,49H,2,10-13,39H2,1H3,(H,54,55,56)(H,57,58,59)(H,60,61,62)(H,63,64,65)(H,66,67,68)(H,69,70,71)(H,40,41,42,43). The number of benzene rings is 5. The van der Waals surface area contributed by atoms with Gasteiger partial charge in [0, 0.05) is 17.9 Å². The van der Waals surface area contributed by atoms with Crippen LogP contribution >= 0.6 is 11.6 Å². The van der Waals surface area contributed by atoms with E-state index in [0.717, 1.165) is 24.3 Å². The molecule has 0 saturated carbocycles. The summed E-state index contributed by atoms with van der Waals surface area (Å²) < 4.78 is 262. The van der Waals surface area contributed by atoms with Gasteiger partial charge in [0.15, 0.2) is 25.4 Å². The van der Waals surface area contributed by atoms with Gasteiger partial charge in [-0.15, -0.1) is 20.5 Å². The van der Waals surface area contributed by atoms with E-state index in [1.165, 1.54) is 23.1 Å². The lowest BCUT2D eigenvalue weighted by atomic mass is 10.1. The smallest absolute Gasteiger partial charge is 0.397 e. The number of fused-ring (bicyclic) bond motifs is 1. The van der Waals surface area contributed by atoms with Gasteiger partial charge < -0.3 is 21.1 Å². The Kier molecular flexibility index (Phi) is 18.3. The maximum Gasteiger partial charge on any atom is 0.397 e. The molecule has 1 heterocycles. The lowest BCUT2D eigenvalue weighted by Gasteiger charge is -2.22. The first-order valence-electron chi connectivity index (χ1n) is 21.0. The summed E-state index contributed by atoms with van der Waals surface area (Å²) in [4.78, 5) is 7.16. The minimum absolute atomic E-state index is 0.0166. The van der Waals surface area contributed by atoms with Gasteiger partial charge in [0.25, 0.3) is 40.5 Å². The highest BCUT2D eigenvalue weighted by Crippen LogP contribution is 2.49. The number of nitrogens with one attached hydrogen (secondary N) is 1. The SMILES string of the molecule is CCN(c1cccc(S(=O)(=O)CCOS(=O)(=O)O)c1)c1nc(Cl)nc(Nc2ccc(S(=O)(=O)O)c(N=Nc3c(S(=O)(=O)O)cc4cc(S(=O)(=O)O)c(N=Nc5ccc(S(=O)(=O)CCOS(=O)(=O)O)cc5S(=O)(=O)O)c(N)c4c3O)c2)n1. The molecule has 0 aliphatic rings. The fraction of sp³-hybridized carbons (Fsp3) is 0.162. The number of nitrogens with two attached hydrogens (primary N) is 1. The number of hydrogen-bond acceptors (Lipinski definition) is 29. The van der Waals surface area contributed by atoms with E-state index in [0.29, 0.717) is 30.3 Å². The van der Waals surface area contributed by atoms with Crippen LogP contribution in [0.15, 0.2) is 123 Å². The molecule has 0 fully saturated rings. The summed E-state index contributed by atoms with van der Waals surface area (Å²) in [5, 5.41) is 26.5. The van der Waals surface area contributed by atoms with Crippen LogP contribution in [0.4, 0.5) is 51.7 Å². The van der Waals surface area contributed by atoms with E-state index in [4.69, 9.17) is 26.4 Å². The molecule has 0 bridgehead atoms. The number of nitrogen functional groups attached to an aromatic ring is 1. The van der Waals surface area contributed by atoms with Crippen molar-refractivity contribution in [1.29, 1.82) is 0 Å². The third-order valence-electron chi connectivity index (χ3n) is 10.3. The molecule has 5 aromatic carbocycles. The summed E-state index contributed by atoms with van der Waals surface area (Å²) in [6.45, 7) is -0.496. The predicted molar refractivity (Wildman–Crippen MR) is 277 cm³/mol. The van der Waals surface area contributed by atoms with Crippen molar-refractivity contribution in [2.45, 2.75) is 36.3 Å². The summed E-state index contributed by atoms with van der Waals surface area (Å²) in [5.74, 6) is -4.15. The van der Waals surface area contributed by atoms with Gasteiger partial charge in [0.05, 0.1) is 45.6 Å². The third-order valence-corrected chi connectivity index (χ3v) is 18.2. The van der Waals surface area contributed by atoms with Crippen LogP contribution in [0.5, 0.6) is 5.75 Å². The number of halogens is 1. The van der Waals surface area contributed by atoms with Crippen molar-refractivity contribution >= 4 is 155 Å². The molecule has 1 aromatic heterocycles. The quantitative estimate of drug-likeness (QED) is 0.0250. The maximum atomic E-state index is 13.0. The Labute approximate surface area is 462 Å². The van der Waals surface area contributed by atoms with Gasteiger partial charge in [0.2, 0.25) is 17.2 Å². The van der Waals surface area contributed by atoms with Crippen molar-refractivity contribution in [2.24, 2.45) is 20.5 Å². The number of anilines is 5. The van der Waals surface area contributed by atoms with E-state index in [1.54, 1.807) is 6.92 Å². The molecule has 0 saturated heterocycles. The van der Waals surface area contributed by atoms with Gasteiger partial charge in [0.1, 0.15) is 42.3 Å². The second-order valence-electron chi connectivity index (χ2n) is 15.7. The van der Waals surface area contributed by atoms with E-state index in [1.807, 2.05) is 0 Å². The molecule has 0 atom stereocenters. The number of rotatable bonds is 23. The van der Waals surface area contributed by atoms with Crippen LogP contribution in [0.25, 0.3) is 10.8 Å². The number of aromatic nitrogens is 3. The Morgan fingerprint density at radius 3 is 1.63 bits per heavy atom. The number of nitrogens with zero attached hydrogens (tertiary/aromatic N) is 8. The molecule has 35 nitrogen and oxygen atoms in total. The van der Waals surface area contributed by atoms with Crippen LogP contribution in [0.1, 0.15) is 6.92 Å². The van der Waals surface area contributed by atoms with E-state index < -0.39 is 186 Å². The number of hydrogen-bond donors (Lipinski definition) is 9. The highest BCUT2D eigenvalue weighted by molar-refractivity contribution is 7.92. The average molecular weight is 1310 g/mol. The Balaban J connectivity index is 1.44. The molecule has 0 aliphatic heterocycles. The molecule has 0 radical (unpaired) electrons. The zero-order chi connectivity index (χ0) is 60.6. The zero-order valence-electron chi connectivity index (χ0n) is 39.7. The summed E-state index contributed by atoms with van der Waals surface area (Å²) in [5.41, 5.74) is 0.686. The second-order valence-corrected chi connectivity index (χ2v) is 27.9. The molecule has 0 unspecified atom stereocenters. The number of aromatic hydroxyl groups is 1. The molecular formula is C37H35ClN10O25S8. The molecule has 438 valence electrons. The lowest BCUT2D eigenvalue weighted by molar-refractivity contribution is 0.282. The molecule has 44 heteroatoms. The summed E-state index contributed by atoms with van der Waals surface area (Å²) in [6, 6.07) is 9.95. The van der Waals surface area contributed by atoms with E-state index >= 15 is 0 Å². The predicted octanol–water partition coefficient (Wildman–Crippen LogP) is 3.87. The Morgan fingerprint density at radius 2 is 1.10 bits per heavy atom. The minimum Gasteiger partial charge on any atom is -0.505 e. The largest absolute Gasteiger partial charge is 0.505 e. The van der Waals surface area contributed by atoms with Crippen molar-refractivity contribution < 1.29 is 108 Å². The van der Waals surface area contributed by atoms with Crippen molar-refractivity contribution in [2.75, 3.05) is 47.2 Å². The van der Waals surface area contributed by atoms with Crippen LogP contribution in [-0.2, 0) is 89.3 Å². The molecule has 6 rings (SSSR count). The van der Waals surface area contributed by atoms with Gasteiger partial charge in [-0.2, -0.15) is 65.5 Å². The molecule has 6 aromatic rings. The van der Waals surface area contributed by atoms with Crippen LogP contribution in [-0.4, -0.2) is 146 Å². The van der Waals surface area contributed by atoms with E-state index in [9.17, 15) is 90.7 Å². The highest BCUT2D eigenvalue weighted by atomic mass is 35.5. The lowest BCUT2D eigenvalue weighted by Crippen LogP contribution is -2.21. The summed E-state index contributed by atoms with van der Waals surface area (Å²) in [7, 11) is -41.0. The average Bonchev–Trinajstić information content (AvgIpc) is 3.32. The van der Waals surface area contributed by atoms with Crippen molar-refractivity contribution in [3.8, 4) is 5.75 Å². The third kappa shape index (κ3) is 15.9. The highest BCUT2D eigenvalue weighted by Gasteiger charge is 2.30. The van der Waals surface area contributed by atoms with Gasteiger partial charge in [-0.1, -0.05) is 6.07 Å². The number of phenols is 1. The second kappa shape index (κ2) is 23.3. The topological polar surface area (TPSA) is 563 Å². The maximum absolute atomic E-state index is 13.0. The zero-order valence-corrected chi connectivity index (χ0v) is 47.0. The molecule has 0 amide bonds. The van der Waals surface area contributed by atoms with Gasteiger partial charge in [-0.3, -0.25) is 27.3 Å². The fourth-order valence-corrected chi connectivity index (χ4v) is 12.7. The fourth-order valence-electron chi connectivity index (χ4n) is 6.84. The van der Waals surface area contributed by atoms with E-state index in [2.05, 4.69) is 49.1 Å².